The molecule has 0 radical (unpaired) electrons. The van der Waals surface area contributed by atoms with Crippen molar-refractivity contribution in [3.05, 3.63) is 44.9 Å². The lowest BCUT2D eigenvalue weighted by atomic mass is 10.1. The summed E-state index contributed by atoms with van der Waals surface area (Å²) in [6.45, 7) is 8.74. The molecule has 7 nitrogen and oxygen atoms in total. The Morgan fingerprint density at radius 3 is 2.66 bits per heavy atom. The van der Waals surface area contributed by atoms with Crippen molar-refractivity contribution in [1.82, 2.24) is 15.6 Å². The van der Waals surface area contributed by atoms with Gasteiger partial charge >= 0.3 is 5.97 Å². The van der Waals surface area contributed by atoms with Crippen LogP contribution in [0.25, 0.3) is 0 Å². The number of nitrogens with one attached hydrogen (secondary N) is 2. The Bertz CT molecular complexity index is 876. The number of hydrogen-bond donors (Lipinski definition) is 2. The monoisotopic (exact) mass is 417 g/mol. The van der Waals surface area contributed by atoms with Gasteiger partial charge in [-0.2, -0.15) is 0 Å². The van der Waals surface area contributed by atoms with E-state index in [9.17, 15) is 4.79 Å². The zero-order valence-electron chi connectivity index (χ0n) is 18.3. The number of aryl methyl sites for hydroxylation is 2. The third-order valence-corrected chi connectivity index (χ3v) is 5.83. The molecule has 1 aromatic carbocycles. The predicted octanol–water partition coefficient (Wildman–Crippen LogP) is 3.43. The van der Waals surface area contributed by atoms with Crippen molar-refractivity contribution in [1.29, 1.82) is 0 Å². The van der Waals surface area contributed by atoms with Gasteiger partial charge < -0.3 is 20.3 Å². The van der Waals surface area contributed by atoms with Crippen molar-refractivity contribution in [3.63, 3.8) is 0 Å². The lowest BCUT2D eigenvalue weighted by molar-refractivity contribution is 0.0531. The number of benzene rings is 1. The number of ether oxygens (including phenoxy) is 1. The molecule has 0 saturated heterocycles. The van der Waals surface area contributed by atoms with Crippen LogP contribution >= 0.6 is 11.3 Å². The van der Waals surface area contributed by atoms with Crippen molar-refractivity contribution in [2.24, 2.45) is 4.99 Å². The fourth-order valence-electron chi connectivity index (χ4n) is 2.79. The molecule has 0 spiro atoms. The molecule has 0 amide bonds. The molecule has 0 fully saturated rings. The fourth-order valence-corrected chi connectivity index (χ4v) is 3.75. The standard InChI is InChI=1S/C21H31N5O2S/c1-8-28-20(27)18-14(3)24-19(29-18)15(4)25-21(22-5)23-12-16-9-10-17(26(6)7)11-13(16)2/h9-11,15H,8,12H2,1-7H3,(H2,22,23,25). The zero-order valence-corrected chi connectivity index (χ0v) is 19.1. The van der Waals surface area contributed by atoms with Crippen molar-refractivity contribution in [3.8, 4) is 0 Å². The molecule has 0 saturated carbocycles. The molecule has 29 heavy (non-hydrogen) atoms. The first kappa shape index (κ1) is 22.7. The van der Waals surface area contributed by atoms with Gasteiger partial charge in [0.2, 0.25) is 0 Å². The predicted molar refractivity (Wildman–Crippen MR) is 120 cm³/mol. The molecule has 2 N–H and O–H groups in total. The van der Waals surface area contributed by atoms with Crippen LogP contribution in [-0.2, 0) is 11.3 Å². The van der Waals surface area contributed by atoms with Crippen LogP contribution in [0.1, 0.15) is 51.4 Å². The van der Waals surface area contributed by atoms with E-state index in [-0.39, 0.29) is 12.0 Å². The van der Waals surface area contributed by atoms with E-state index in [0.29, 0.717) is 29.7 Å². The average Bonchev–Trinajstić information content (AvgIpc) is 3.07. The number of nitrogens with zero attached hydrogens (tertiary/aromatic N) is 3. The van der Waals surface area contributed by atoms with Crippen LogP contribution in [0.15, 0.2) is 23.2 Å². The van der Waals surface area contributed by atoms with Crippen molar-refractivity contribution >= 4 is 29.0 Å². The number of rotatable bonds is 7. The van der Waals surface area contributed by atoms with Crippen molar-refractivity contribution in [2.45, 2.75) is 40.3 Å². The summed E-state index contributed by atoms with van der Waals surface area (Å²) < 4.78 is 5.10. The van der Waals surface area contributed by atoms with Gasteiger partial charge in [-0.25, -0.2) is 9.78 Å². The smallest absolute Gasteiger partial charge is 0.350 e. The van der Waals surface area contributed by atoms with E-state index >= 15 is 0 Å². The highest BCUT2D eigenvalue weighted by Gasteiger charge is 2.20. The molecule has 0 aliphatic rings. The van der Waals surface area contributed by atoms with E-state index in [1.54, 1.807) is 14.0 Å². The average molecular weight is 418 g/mol. The molecule has 8 heteroatoms. The molecule has 1 atom stereocenters. The van der Waals surface area contributed by atoms with Gasteiger partial charge in [-0.15, -0.1) is 11.3 Å². The number of anilines is 1. The summed E-state index contributed by atoms with van der Waals surface area (Å²) in [5.74, 6) is 0.360. The Kier molecular flexibility index (Phi) is 8.01. The molecule has 1 aromatic heterocycles. The molecule has 0 aliphatic carbocycles. The minimum atomic E-state index is -0.319. The Labute approximate surface area is 177 Å². The molecule has 0 aliphatic heterocycles. The summed E-state index contributed by atoms with van der Waals surface area (Å²) in [6.07, 6.45) is 0. The molecule has 0 bridgehead atoms. The van der Waals surface area contributed by atoms with Gasteiger partial charge in [-0.3, -0.25) is 4.99 Å². The van der Waals surface area contributed by atoms with E-state index in [0.717, 1.165) is 5.01 Å². The maximum absolute atomic E-state index is 12.0. The van der Waals surface area contributed by atoms with Gasteiger partial charge in [-0.05, 0) is 51.0 Å². The van der Waals surface area contributed by atoms with E-state index in [1.165, 1.54) is 28.2 Å². The van der Waals surface area contributed by atoms with Gasteiger partial charge in [0.1, 0.15) is 9.88 Å². The summed E-state index contributed by atoms with van der Waals surface area (Å²) in [5.41, 5.74) is 4.30. The van der Waals surface area contributed by atoms with E-state index in [2.05, 4.69) is 50.6 Å². The SMILES string of the molecule is CCOC(=O)c1sc(C(C)NC(=NC)NCc2ccc(N(C)C)cc2C)nc1C. The first-order chi connectivity index (χ1) is 13.8. The Balaban J connectivity index is 2.01. The quantitative estimate of drug-likeness (QED) is 0.408. The van der Waals surface area contributed by atoms with Gasteiger partial charge in [-0.1, -0.05) is 6.07 Å². The number of guanidine groups is 1. The lowest BCUT2D eigenvalue weighted by Gasteiger charge is -2.18. The van der Waals surface area contributed by atoms with Crippen LogP contribution in [0, 0.1) is 13.8 Å². The Morgan fingerprint density at radius 2 is 2.07 bits per heavy atom. The number of thiazole rings is 1. The van der Waals surface area contributed by atoms with Crippen LogP contribution in [0.4, 0.5) is 5.69 Å². The summed E-state index contributed by atoms with van der Waals surface area (Å²) in [6, 6.07) is 6.32. The summed E-state index contributed by atoms with van der Waals surface area (Å²) in [4.78, 5) is 23.5. The number of aliphatic imine (C=N–C) groups is 1. The van der Waals surface area contributed by atoms with Crippen molar-refractivity contribution in [2.75, 3.05) is 32.6 Å². The second-order valence-electron chi connectivity index (χ2n) is 6.98. The number of hydrogen-bond acceptors (Lipinski definition) is 6. The van der Waals surface area contributed by atoms with Gasteiger partial charge in [0.15, 0.2) is 5.96 Å². The molecule has 2 aromatic rings. The first-order valence-corrected chi connectivity index (χ1v) is 10.5. The first-order valence-electron chi connectivity index (χ1n) is 9.65. The summed E-state index contributed by atoms with van der Waals surface area (Å²) in [7, 11) is 5.81. The molecule has 1 heterocycles. The topological polar surface area (TPSA) is 78.8 Å². The van der Waals surface area contributed by atoms with Gasteiger partial charge in [0.05, 0.1) is 18.3 Å². The number of carbonyl (C=O) groups excluding carboxylic acids is 1. The third-order valence-electron chi connectivity index (χ3n) is 4.51. The van der Waals surface area contributed by atoms with Crippen LogP contribution in [0.3, 0.4) is 0 Å². The van der Waals surface area contributed by atoms with E-state index in [4.69, 9.17) is 4.74 Å². The number of aromatic nitrogens is 1. The van der Waals surface area contributed by atoms with E-state index in [1.807, 2.05) is 27.9 Å². The minimum absolute atomic E-state index is 0.0923. The number of esters is 1. The second-order valence-corrected chi connectivity index (χ2v) is 8.01. The largest absolute Gasteiger partial charge is 0.462 e. The number of carbonyl (C=O) groups is 1. The molecular weight excluding hydrogens is 386 g/mol. The molecule has 158 valence electrons. The lowest BCUT2D eigenvalue weighted by Crippen LogP contribution is -2.38. The molecular formula is C21H31N5O2S. The Morgan fingerprint density at radius 1 is 1.34 bits per heavy atom. The van der Waals surface area contributed by atoms with Crippen LogP contribution < -0.4 is 15.5 Å². The maximum Gasteiger partial charge on any atom is 0.350 e. The highest BCUT2D eigenvalue weighted by atomic mass is 32.1. The van der Waals surface area contributed by atoms with Gasteiger partial charge in [0.25, 0.3) is 0 Å². The summed E-state index contributed by atoms with van der Waals surface area (Å²) >= 11 is 1.35. The zero-order chi connectivity index (χ0) is 21.6. The van der Waals surface area contributed by atoms with Crippen molar-refractivity contribution < 1.29 is 9.53 Å². The summed E-state index contributed by atoms with van der Waals surface area (Å²) in [5, 5.41) is 7.51. The fraction of sp³-hybridized carbons (Fsp3) is 0.476. The third kappa shape index (κ3) is 5.93. The normalized spacial score (nSPS) is 12.4. The van der Waals surface area contributed by atoms with Crippen LogP contribution in [0.2, 0.25) is 0 Å². The maximum atomic E-state index is 12.0. The molecule has 2 rings (SSSR count). The highest BCUT2D eigenvalue weighted by Crippen LogP contribution is 2.24. The van der Waals surface area contributed by atoms with Crippen LogP contribution in [-0.4, -0.2) is 44.7 Å². The minimum Gasteiger partial charge on any atom is -0.462 e. The van der Waals surface area contributed by atoms with E-state index < -0.39 is 0 Å². The van der Waals surface area contributed by atoms with Crippen LogP contribution in [0.5, 0.6) is 0 Å². The second kappa shape index (κ2) is 10.2. The molecule has 1 unspecified atom stereocenters. The highest BCUT2D eigenvalue weighted by molar-refractivity contribution is 7.13. The Hall–Kier alpha value is -2.61. The van der Waals surface area contributed by atoms with Gasteiger partial charge in [0, 0.05) is 33.4 Å².